The molecule has 4 nitrogen and oxygen atoms in total. The summed E-state index contributed by atoms with van der Waals surface area (Å²) >= 11 is 0. The second-order valence-corrected chi connectivity index (χ2v) is 4.33. The summed E-state index contributed by atoms with van der Waals surface area (Å²) < 4.78 is 0. The van der Waals surface area contributed by atoms with E-state index in [0.717, 1.165) is 17.5 Å². The molecule has 0 saturated carbocycles. The van der Waals surface area contributed by atoms with E-state index in [2.05, 4.69) is 5.32 Å². The van der Waals surface area contributed by atoms with Crippen molar-refractivity contribution >= 4 is 17.9 Å². The van der Waals surface area contributed by atoms with Gasteiger partial charge in [-0.15, -0.1) is 0 Å². The minimum Gasteiger partial charge on any atom is -0.330 e. The highest BCUT2D eigenvalue weighted by Crippen LogP contribution is 2.42. The topological polar surface area (TPSA) is 72.2 Å². The molecule has 1 aromatic carbocycles. The van der Waals surface area contributed by atoms with Gasteiger partial charge in [-0.3, -0.25) is 4.79 Å². The lowest BCUT2D eigenvalue weighted by Crippen LogP contribution is -2.36. The van der Waals surface area contributed by atoms with Gasteiger partial charge in [0.15, 0.2) is 0 Å². The first-order chi connectivity index (χ1) is 8.24. The highest BCUT2D eigenvalue weighted by molar-refractivity contribution is 6.06. The summed E-state index contributed by atoms with van der Waals surface area (Å²) in [5.41, 5.74) is 6.81. The first-order valence-electron chi connectivity index (χ1n) is 5.79. The molecule has 0 saturated heterocycles. The van der Waals surface area contributed by atoms with Gasteiger partial charge in [0.2, 0.25) is 5.91 Å². The zero-order valence-corrected chi connectivity index (χ0v) is 9.61. The van der Waals surface area contributed by atoms with Crippen LogP contribution in [0.4, 0.5) is 5.69 Å². The van der Waals surface area contributed by atoms with Gasteiger partial charge in [-0.05, 0) is 31.0 Å². The van der Waals surface area contributed by atoms with E-state index < -0.39 is 5.41 Å². The van der Waals surface area contributed by atoms with Gasteiger partial charge in [-0.1, -0.05) is 18.2 Å². The van der Waals surface area contributed by atoms with Crippen molar-refractivity contribution in [3.8, 4) is 0 Å². The summed E-state index contributed by atoms with van der Waals surface area (Å²) in [4.78, 5) is 22.7. The van der Waals surface area contributed by atoms with Crippen molar-refractivity contribution < 1.29 is 9.59 Å². The van der Waals surface area contributed by atoms with Crippen molar-refractivity contribution in [1.82, 2.24) is 0 Å². The fourth-order valence-corrected chi connectivity index (χ4v) is 2.55. The third-order valence-electron chi connectivity index (χ3n) is 3.39. The van der Waals surface area contributed by atoms with Crippen LogP contribution in [-0.4, -0.2) is 18.7 Å². The molecular weight excluding hydrogens is 216 g/mol. The van der Waals surface area contributed by atoms with Gasteiger partial charge < -0.3 is 15.8 Å². The fourth-order valence-electron chi connectivity index (χ4n) is 2.55. The minimum atomic E-state index is -0.619. The maximum Gasteiger partial charge on any atom is 0.235 e. The molecule has 1 aliphatic heterocycles. The molecule has 1 aromatic rings. The molecular formula is C13H16N2O2. The van der Waals surface area contributed by atoms with Crippen LogP contribution in [0.1, 0.15) is 24.8 Å². The van der Waals surface area contributed by atoms with E-state index in [9.17, 15) is 9.59 Å². The van der Waals surface area contributed by atoms with E-state index >= 15 is 0 Å². The Balaban J connectivity index is 2.43. The fraction of sp³-hybridized carbons (Fsp3) is 0.385. The number of rotatable bonds is 5. The third-order valence-corrected chi connectivity index (χ3v) is 3.39. The Bertz CT molecular complexity index is 445. The lowest BCUT2D eigenvalue weighted by Gasteiger charge is -2.26. The number of fused-ring (bicyclic) bond motifs is 1. The molecule has 2 rings (SSSR count). The van der Waals surface area contributed by atoms with E-state index in [1.807, 2.05) is 24.3 Å². The second kappa shape index (κ2) is 4.67. The number of amides is 1. The number of anilines is 1. The highest BCUT2D eigenvalue weighted by Gasteiger charge is 2.45. The van der Waals surface area contributed by atoms with Gasteiger partial charge in [0.05, 0.1) is 5.41 Å². The molecule has 1 atom stereocenters. The Morgan fingerprint density at radius 1 is 1.29 bits per heavy atom. The van der Waals surface area contributed by atoms with Crippen LogP contribution < -0.4 is 11.1 Å². The van der Waals surface area contributed by atoms with Crippen LogP contribution in [0, 0.1) is 0 Å². The smallest absolute Gasteiger partial charge is 0.235 e. The van der Waals surface area contributed by atoms with Crippen LogP contribution in [0.3, 0.4) is 0 Å². The lowest BCUT2D eigenvalue weighted by molar-refractivity contribution is -0.121. The SMILES string of the molecule is NCCC1(CCC=O)C(=O)Nc2ccccc21. The lowest BCUT2D eigenvalue weighted by atomic mass is 9.75. The van der Waals surface area contributed by atoms with Crippen LogP contribution in [0.2, 0.25) is 0 Å². The van der Waals surface area contributed by atoms with Crippen molar-refractivity contribution in [2.75, 3.05) is 11.9 Å². The molecule has 1 unspecified atom stereocenters. The van der Waals surface area contributed by atoms with Crippen LogP contribution in [-0.2, 0) is 15.0 Å². The quantitative estimate of drug-likeness (QED) is 0.749. The zero-order chi connectivity index (χ0) is 12.3. The Morgan fingerprint density at radius 3 is 2.76 bits per heavy atom. The largest absolute Gasteiger partial charge is 0.330 e. The molecule has 0 bridgehead atoms. The molecule has 90 valence electrons. The molecule has 17 heavy (non-hydrogen) atoms. The van der Waals surface area contributed by atoms with Gasteiger partial charge in [-0.2, -0.15) is 0 Å². The Morgan fingerprint density at radius 2 is 2.06 bits per heavy atom. The van der Waals surface area contributed by atoms with Crippen LogP contribution in [0.25, 0.3) is 0 Å². The average Bonchev–Trinajstić information content (AvgIpc) is 2.61. The summed E-state index contributed by atoms with van der Waals surface area (Å²) in [6.07, 6.45) is 2.33. The van der Waals surface area contributed by atoms with Gasteiger partial charge >= 0.3 is 0 Å². The summed E-state index contributed by atoms with van der Waals surface area (Å²) in [5, 5.41) is 2.87. The van der Waals surface area contributed by atoms with E-state index in [4.69, 9.17) is 5.73 Å². The number of hydrogen-bond acceptors (Lipinski definition) is 3. The molecule has 0 radical (unpaired) electrons. The van der Waals surface area contributed by atoms with E-state index in [-0.39, 0.29) is 5.91 Å². The van der Waals surface area contributed by atoms with Gasteiger partial charge in [0.25, 0.3) is 0 Å². The maximum absolute atomic E-state index is 12.2. The van der Waals surface area contributed by atoms with Crippen LogP contribution in [0.15, 0.2) is 24.3 Å². The number of aldehydes is 1. The molecule has 1 heterocycles. The molecule has 0 aliphatic carbocycles. The first kappa shape index (κ1) is 11.8. The molecule has 3 N–H and O–H groups in total. The molecule has 4 heteroatoms. The van der Waals surface area contributed by atoms with Crippen LogP contribution >= 0.6 is 0 Å². The second-order valence-electron chi connectivity index (χ2n) is 4.33. The number of benzene rings is 1. The number of carbonyl (C=O) groups is 2. The number of nitrogens with one attached hydrogen (secondary N) is 1. The van der Waals surface area contributed by atoms with Gasteiger partial charge in [0, 0.05) is 12.1 Å². The van der Waals surface area contributed by atoms with Crippen molar-refractivity contribution in [3.05, 3.63) is 29.8 Å². The minimum absolute atomic E-state index is 0.0361. The molecule has 1 aliphatic rings. The number of hydrogen-bond donors (Lipinski definition) is 2. The number of nitrogens with two attached hydrogens (primary N) is 1. The summed E-state index contributed by atoms with van der Waals surface area (Å²) in [6, 6.07) is 7.61. The molecule has 1 amide bonds. The van der Waals surface area contributed by atoms with Crippen molar-refractivity contribution in [1.29, 1.82) is 0 Å². The summed E-state index contributed by atoms with van der Waals surface area (Å²) in [7, 11) is 0. The van der Waals surface area contributed by atoms with E-state index in [0.29, 0.717) is 25.8 Å². The molecule has 0 spiro atoms. The van der Waals surface area contributed by atoms with Crippen molar-refractivity contribution in [2.45, 2.75) is 24.7 Å². The predicted octanol–water partition coefficient (Wildman–Crippen LogP) is 1.20. The first-order valence-corrected chi connectivity index (χ1v) is 5.79. The molecule has 0 aromatic heterocycles. The van der Waals surface area contributed by atoms with E-state index in [1.165, 1.54) is 0 Å². The Labute approximate surface area is 100 Å². The van der Waals surface area contributed by atoms with Crippen LogP contribution in [0.5, 0.6) is 0 Å². The molecule has 0 fully saturated rings. The maximum atomic E-state index is 12.2. The Kier molecular flexibility index (Phi) is 3.24. The Hall–Kier alpha value is -1.68. The third kappa shape index (κ3) is 1.85. The average molecular weight is 232 g/mol. The standard InChI is InChI=1S/C13H16N2O2/c14-8-7-13(6-3-9-16)10-4-1-2-5-11(10)15-12(13)17/h1-2,4-5,9H,3,6-8,14H2,(H,15,17). The number of para-hydroxylation sites is 1. The van der Waals surface area contributed by atoms with E-state index in [1.54, 1.807) is 0 Å². The van der Waals surface area contributed by atoms with Crippen molar-refractivity contribution in [3.63, 3.8) is 0 Å². The number of carbonyl (C=O) groups excluding carboxylic acids is 2. The highest BCUT2D eigenvalue weighted by atomic mass is 16.2. The predicted molar refractivity (Wildman–Crippen MR) is 65.7 cm³/mol. The van der Waals surface area contributed by atoms with Crippen molar-refractivity contribution in [2.24, 2.45) is 5.73 Å². The van der Waals surface area contributed by atoms with Gasteiger partial charge in [-0.25, -0.2) is 0 Å². The summed E-state index contributed by atoms with van der Waals surface area (Å²) in [5.74, 6) is -0.0361. The monoisotopic (exact) mass is 232 g/mol. The normalized spacial score (nSPS) is 22.1. The summed E-state index contributed by atoms with van der Waals surface area (Å²) in [6.45, 7) is 0.431. The van der Waals surface area contributed by atoms with Gasteiger partial charge in [0.1, 0.15) is 6.29 Å². The zero-order valence-electron chi connectivity index (χ0n) is 9.61.